The predicted octanol–water partition coefficient (Wildman–Crippen LogP) is 14.3. The van der Waals surface area contributed by atoms with Gasteiger partial charge < -0.3 is 0 Å². The molecule has 2 aliphatic carbocycles. The Morgan fingerprint density at radius 2 is 0.770 bits per heavy atom. The Morgan fingerprint density at radius 3 is 1.49 bits per heavy atom. The number of fused-ring (bicyclic) bond motifs is 14. The van der Waals surface area contributed by atoms with Crippen molar-refractivity contribution in [2.24, 2.45) is 0 Å². The molecular formula is C58H35N3. The van der Waals surface area contributed by atoms with Gasteiger partial charge in [0.2, 0.25) is 0 Å². The molecule has 0 saturated heterocycles. The van der Waals surface area contributed by atoms with Crippen LogP contribution in [0.1, 0.15) is 22.3 Å². The van der Waals surface area contributed by atoms with Crippen molar-refractivity contribution in [2.75, 3.05) is 0 Å². The smallest absolute Gasteiger partial charge is 0.164 e. The van der Waals surface area contributed by atoms with Gasteiger partial charge in [-0.25, -0.2) is 15.0 Å². The monoisotopic (exact) mass is 773 g/mol. The highest BCUT2D eigenvalue weighted by Crippen LogP contribution is 2.63. The van der Waals surface area contributed by atoms with Crippen LogP contribution in [0.25, 0.3) is 99.9 Å². The number of hydrogen-bond acceptors (Lipinski definition) is 3. The first-order valence-corrected chi connectivity index (χ1v) is 20.9. The number of nitrogens with zero attached hydrogens (tertiary/aromatic N) is 3. The zero-order chi connectivity index (χ0) is 40.1. The van der Waals surface area contributed by atoms with Crippen molar-refractivity contribution in [1.82, 2.24) is 15.0 Å². The van der Waals surface area contributed by atoms with E-state index in [9.17, 15) is 0 Å². The van der Waals surface area contributed by atoms with E-state index in [2.05, 4.69) is 194 Å². The van der Waals surface area contributed by atoms with Crippen molar-refractivity contribution >= 4 is 32.3 Å². The molecule has 0 saturated carbocycles. The van der Waals surface area contributed by atoms with E-state index in [0.29, 0.717) is 17.5 Å². The largest absolute Gasteiger partial charge is 0.208 e. The summed E-state index contributed by atoms with van der Waals surface area (Å²) in [5.41, 5.74) is 14.9. The molecule has 0 bridgehead atoms. The van der Waals surface area contributed by atoms with E-state index < -0.39 is 5.41 Å². The van der Waals surface area contributed by atoms with Crippen LogP contribution in [0.5, 0.6) is 0 Å². The third-order valence-electron chi connectivity index (χ3n) is 13.1. The zero-order valence-electron chi connectivity index (χ0n) is 33.0. The molecule has 0 amide bonds. The second-order valence-corrected chi connectivity index (χ2v) is 16.2. The summed E-state index contributed by atoms with van der Waals surface area (Å²) in [6, 6.07) is 76.8. The molecule has 3 nitrogen and oxygen atoms in total. The van der Waals surface area contributed by atoms with Gasteiger partial charge in [-0.15, -0.1) is 0 Å². The number of rotatable bonds is 4. The minimum Gasteiger partial charge on any atom is -0.208 e. The standard InChI is InChI=1S/C58H35N3/c1-2-16-38(17-3-1)55-59-56(39-32-30-37(31-33-39)52-43-20-7-5-18-40(43)35-41-34-29-36-15-4-6-19-42(36)53(41)52)61-57(60-55)47-24-14-28-51-54(47)46-23-10-13-27-50(46)58(51)48-25-11-8-21-44(48)45-22-9-12-26-49(45)58/h1-35H. The summed E-state index contributed by atoms with van der Waals surface area (Å²) in [7, 11) is 0. The zero-order valence-corrected chi connectivity index (χ0v) is 33.0. The highest BCUT2D eigenvalue weighted by atomic mass is 15.0. The summed E-state index contributed by atoms with van der Waals surface area (Å²) in [4.78, 5) is 15.9. The molecule has 0 radical (unpaired) electrons. The lowest BCUT2D eigenvalue weighted by atomic mass is 9.70. The lowest BCUT2D eigenvalue weighted by Gasteiger charge is -2.30. The molecule has 61 heavy (non-hydrogen) atoms. The van der Waals surface area contributed by atoms with Crippen molar-refractivity contribution in [1.29, 1.82) is 0 Å². The van der Waals surface area contributed by atoms with Gasteiger partial charge in [0.25, 0.3) is 0 Å². The molecule has 0 atom stereocenters. The van der Waals surface area contributed by atoms with E-state index >= 15 is 0 Å². The maximum absolute atomic E-state index is 5.37. The molecule has 1 heterocycles. The topological polar surface area (TPSA) is 38.7 Å². The third kappa shape index (κ3) is 4.83. The second-order valence-electron chi connectivity index (χ2n) is 16.2. The minimum atomic E-state index is -0.458. The molecule has 1 spiro atoms. The van der Waals surface area contributed by atoms with Crippen LogP contribution in [0, 0.1) is 0 Å². The van der Waals surface area contributed by atoms with Crippen LogP contribution in [0.15, 0.2) is 212 Å². The molecular weight excluding hydrogens is 739 g/mol. The second kappa shape index (κ2) is 13.0. The van der Waals surface area contributed by atoms with Gasteiger partial charge in [-0.05, 0) is 94.0 Å². The fraction of sp³-hybridized carbons (Fsp3) is 0.0172. The highest BCUT2D eigenvalue weighted by molar-refractivity contribution is 6.22. The first kappa shape index (κ1) is 33.9. The molecule has 0 unspecified atom stereocenters. The predicted molar refractivity (Wildman–Crippen MR) is 250 cm³/mol. The van der Waals surface area contributed by atoms with Crippen LogP contribution in [-0.4, -0.2) is 15.0 Å². The molecule has 10 aromatic carbocycles. The van der Waals surface area contributed by atoms with Gasteiger partial charge in [0.15, 0.2) is 17.5 Å². The number of hydrogen-bond donors (Lipinski definition) is 0. The summed E-state index contributed by atoms with van der Waals surface area (Å²) in [5, 5.41) is 7.44. The average Bonchev–Trinajstić information content (AvgIpc) is 3.81. The van der Waals surface area contributed by atoms with Crippen molar-refractivity contribution in [3.63, 3.8) is 0 Å². The van der Waals surface area contributed by atoms with Gasteiger partial charge in [-0.3, -0.25) is 0 Å². The maximum Gasteiger partial charge on any atom is 0.164 e. The lowest BCUT2D eigenvalue weighted by molar-refractivity contribution is 0.794. The molecule has 0 N–H and O–H groups in total. The van der Waals surface area contributed by atoms with E-state index in [1.54, 1.807) is 0 Å². The Bertz CT molecular complexity index is 3540. The molecule has 0 aliphatic heterocycles. The molecule has 0 fully saturated rings. The van der Waals surface area contributed by atoms with Crippen molar-refractivity contribution in [3.8, 4) is 67.5 Å². The maximum atomic E-state index is 5.37. The average molecular weight is 774 g/mol. The molecule has 2 aliphatic rings. The van der Waals surface area contributed by atoms with Crippen molar-refractivity contribution < 1.29 is 0 Å². The summed E-state index contributed by atoms with van der Waals surface area (Å²) in [6.45, 7) is 0. The molecule has 13 rings (SSSR count). The first-order valence-electron chi connectivity index (χ1n) is 20.9. The van der Waals surface area contributed by atoms with Crippen LogP contribution in [0.4, 0.5) is 0 Å². The molecule has 3 heteroatoms. The van der Waals surface area contributed by atoms with Crippen LogP contribution in [0.3, 0.4) is 0 Å². The van der Waals surface area contributed by atoms with Gasteiger partial charge in [-0.2, -0.15) is 0 Å². The normalized spacial score (nSPS) is 13.0. The SMILES string of the molecule is c1ccc(-c2nc(-c3ccc(-c4c5ccccc5cc5ccc6ccccc6c45)cc3)nc(-c3cccc4c3-c3ccccc3C43c4ccccc4-c4ccccc43)n2)cc1. The lowest BCUT2D eigenvalue weighted by Crippen LogP contribution is -2.25. The Labute approximate surface area is 353 Å². The summed E-state index contributed by atoms with van der Waals surface area (Å²) in [6.07, 6.45) is 0. The third-order valence-corrected chi connectivity index (χ3v) is 13.1. The quantitative estimate of drug-likeness (QED) is 0.132. The van der Waals surface area contributed by atoms with E-state index in [4.69, 9.17) is 15.0 Å². The Hall–Kier alpha value is -8.01. The van der Waals surface area contributed by atoms with Gasteiger partial charge in [-0.1, -0.05) is 206 Å². The fourth-order valence-electron chi connectivity index (χ4n) is 10.6. The molecule has 1 aromatic heterocycles. The van der Waals surface area contributed by atoms with Crippen molar-refractivity contribution in [2.45, 2.75) is 5.41 Å². The first-order chi connectivity index (χ1) is 30.3. The van der Waals surface area contributed by atoms with Crippen LogP contribution < -0.4 is 0 Å². The molecule has 11 aromatic rings. The Balaban J connectivity index is 1.02. The van der Waals surface area contributed by atoms with Gasteiger partial charge in [0, 0.05) is 16.7 Å². The van der Waals surface area contributed by atoms with Crippen molar-refractivity contribution in [3.05, 3.63) is 235 Å². The van der Waals surface area contributed by atoms with Crippen LogP contribution in [0.2, 0.25) is 0 Å². The summed E-state index contributed by atoms with van der Waals surface area (Å²) >= 11 is 0. The summed E-state index contributed by atoms with van der Waals surface area (Å²) < 4.78 is 0. The fourth-order valence-corrected chi connectivity index (χ4v) is 10.6. The minimum absolute atomic E-state index is 0.458. The van der Waals surface area contributed by atoms with Crippen LogP contribution in [-0.2, 0) is 5.41 Å². The summed E-state index contributed by atoms with van der Waals surface area (Å²) in [5.74, 6) is 1.94. The molecule has 282 valence electrons. The van der Waals surface area contributed by atoms with E-state index in [-0.39, 0.29) is 0 Å². The van der Waals surface area contributed by atoms with Gasteiger partial charge in [0.1, 0.15) is 0 Å². The van der Waals surface area contributed by atoms with Gasteiger partial charge >= 0.3 is 0 Å². The number of aromatic nitrogens is 3. The van der Waals surface area contributed by atoms with Crippen LogP contribution >= 0.6 is 0 Å². The highest BCUT2D eigenvalue weighted by Gasteiger charge is 2.52. The van der Waals surface area contributed by atoms with E-state index in [1.165, 1.54) is 82.4 Å². The Kier molecular flexibility index (Phi) is 7.22. The van der Waals surface area contributed by atoms with Gasteiger partial charge in [0.05, 0.1) is 5.41 Å². The number of benzene rings is 10. The Morgan fingerprint density at radius 1 is 0.279 bits per heavy atom. The van der Waals surface area contributed by atoms with E-state index in [1.807, 2.05) is 18.2 Å². The van der Waals surface area contributed by atoms with E-state index in [0.717, 1.165) is 22.3 Å².